The first kappa shape index (κ1) is 14.4. The molecule has 2 nitrogen and oxygen atoms in total. The van der Waals surface area contributed by atoms with Crippen LogP contribution in [0.2, 0.25) is 0 Å². The number of halogens is 5. The molecule has 0 spiro atoms. The van der Waals surface area contributed by atoms with Crippen molar-refractivity contribution in [3.8, 4) is 6.07 Å². The van der Waals surface area contributed by atoms with Gasteiger partial charge in [0.05, 0.1) is 16.5 Å². The highest BCUT2D eigenvalue weighted by Gasteiger charge is 2.34. The summed E-state index contributed by atoms with van der Waals surface area (Å²) in [6.07, 6.45) is -4.53. The van der Waals surface area contributed by atoms with Crippen LogP contribution >= 0.6 is 38.5 Å². The summed E-state index contributed by atoms with van der Waals surface area (Å²) < 4.78 is 37.5. The maximum Gasteiger partial charge on any atom is 0.417 e. The fourth-order valence-corrected chi connectivity index (χ4v) is 2.41. The molecule has 90 valence electrons. The molecule has 0 amide bonds. The highest BCUT2D eigenvalue weighted by atomic mass is 127. The number of ketones is 1. The Morgan fingerprint density at radius 1 is 1.47 bits per heavy atom. The van der Waals surface area contributed by atoms with Crippen molar-refractivity contribution in [1.29, 1.82) is 5.26 Å². The van der Waals surface area contributed by atoms with E-state index in [1.54, 1.807) is 6.07 Å². The largest absolute Gasteiger partial charge is 0.417 e. The third-order valence-corrected chi connectivity index (χ3v) is 3.61. The molecule has 1 rings (SSSR count). The molecule has 1 aromatic carbocycles. The SMILES string of the molecule is N#Cc1c(C(=O)CBr)ccc(C(F)(F)F)c1I. The number of carbonyl (C=O) groups is 1. The first-order chi connectivity index (χ1) is 7.82. The quantitative estimate of drug-likeness (QED) is 0.417. The number of nitrogens with zero attached hydrogens (tertiary/aromatic N) is 1. The number of benzene rings is 1. The van der Waals surface area contributed by atoms with Crippen LogP contribution in [0.25, 0.3) is 0 Å². The number of alkyl halides is 4. The van der Waals surface area contributed by atoms with Crippen LogP contribution < -0.4 is 0 Å². The van der Waals surface area contributed by atoms with Gasteiger partial charge in [0.2, 0.25) is 0 Å². The van der Waals surface area contributed by atoms with E-state index in [9.17, 15) is 18.0 Å². The molecule has 0 atom stereocenters. The van der Waals surface area contributed by atoms with E-state index in [0.29, 0.717) is 0 Å². The van der Waals surface area contributed by atoms with E-state index in [1.807, 2.05) is 0 Å². The zero-order valence-corrected chi connectivity index (χ0v) is 11.9. The topological polar surface area (TPSA) is 40.9 Å². The van der Waals surface area contributed by atoms with E-state index in [0.717, 1.165) is 12.1 Å². The Hall–Kier alpha value is -0.620. The van der Waals surface area contributed by atoms with Crippen LogP contribution in [-0.4, -0.2) is 11.1 Å². The Labute approximate surface area is 117 Å². The molecule has 0 saturated heterocycles. The second-order valence-electron chi connectivity index (χ2n) is 3.02. The second-order valence-corrected chi connectivity index (χ2v) is 4.66. The Balaban J connectivity index is 3.50. The molecule has 0 saturated carbocycles. The lowest BCUT2D eigenvalue weighted by atomic mass is 10.0. The zero-order valence-electron chi connectivity index (χ0n) is 8.11. The second kappa shape index (κ2) is 5.35. The summed E-state index contributed by atoms with van der Waals surface area (Å²) in [5.74, 6) is -0.423. The van der Waals surface area contributed by atoms with Crippen LogP contribution in [0, 0.1) is 14.9 Å². The summed E-state index contributed by atoms with van der Waals surface area (Å²) in [5.41, 5.74) is -1.13. The summed E-state index contributed by atoms with van der Waals surface area (Å²) in [5, 5.41) is 8.81. The highest BCUT2D eigenvalue weighted by Crippen LogP contribution is 2.35. The molecule has 7 heteroatoms. The Morgan fingerprint density at radius 3 is 2.47 bits per heavy atom. The Bertz CT molecular complexity index is 507. The zero-order chi connectivity index (χ0) is 13.2. The maximum atomic E-state index is 12.6. The first-order valence-corrected chi connectivity index (χ1v) is 6.42. The minimum absolute atomic E-state index is 0.00164. The molecule has 0 aliphatic rings. The third-order valence-electron chi connectivity index (χ3n) is 1.98. The van der Waals surface area contributed by atoms with Crippen molar-refractivity contribution in [3.63, 3.8) is 0 Å². The van der Waals surface area contributed by atoms with Crippen LogP contribution in [0.1, 0.15) is 21.5 Å². The van der Waals surface area contributed by atoms with Gasteiger partial charge in [-0.1, -0.05) is 15.9 Å². The lowest BCUT2D eigenvalue weighted by Gasteiger charge is -2.12. The molecule has 17 heavy (non-hydrogen) atoms. The van der Waals surface area contributed by atoms with Crippen LogP contribution in [0.5, 0.6) is 0 Å². The van der Waals surface area contributed by atoms with Gasteiger partial charge in [-0.25, -0.2) is 0 Å². The van der Waals surface area contributed by atoms with Crippen LogP contribution in [0.15, 0.2) is 12.1 Å². The van der Waals surface area contributed by atoms with Crippen molar-refractivity contribution in [2.45, 2.75) is 6.18 Å². The fraction of sp³-hybridized carbons (Fsp3) is 0.200. The lowest BCUT2D eigenvalue weighted by Crippen LogP contribution is -2.12. The predicted octanol–water partition coefficient (Wildman–Crippen LogP) is 3.76. The molecule has 0 aliphatic carbocycles. The molecule has 0 radical (unpaired) electrons. The molecule has 0 unspecified atom stereocenters. The summed E-state index contributed by atoms with van der Waals surface area (Å²) in [6.45, 7) is 0. The number of carbonyl (C=O) groups excluding carboxylic acids is 1. The minimum Gasteiger partial charge on any atom is -0.293 e. The van der Waals surface area contributed by atoms with Gasteiger partial charge in [0, 0.05) is 9.13 Å². The number of hydrogen-bond acceptors (Lipinski definition) is 2. The molecule has 0 aromatic heterocycles. The monoisotopic (exact) mass is 417 g/mol. The third kappa shape index (κ3) is 2.98. The normalized spacial score (nSPS) is 11.1. The van der Waals surface area contributed by atoms with Gasteiger partial charge in [0.25, 0.3) is 0 Å². The van der Waals surface area contributed by atoms with Gasteiger partial charge in [-0.05, 0) is 34.7 Å². The van der Waals surface area contributed by atoms with Gasteiger partial charge < -0.3 is 0 Å². The van der Waals surface area contributed by atoms with Crippen molar-refractivity contribution in [2.75, 3.05) is 5.33 Å². The van der Waals surface area contributed by atoms with Crippen molar-refractivity contribution >= 4 is 44.3 Å². The van der Waals surface area contributed by atoms with E-state index in [1.165, 1.54) is 22.6 Å². The van der Waals surface area contributed by atoms with Crippen LogP contribution in [0.4, 0.5) is 13.2 Å². The highest BCUT2D eigenvalue weighted by molar-refractivity contribution is 14.1. The van der Waals surface area contributed by atoms with Crippen LogP contribution in [0.3, 0.4) is 0 Å². The molecular weight excluding hydrogens is 414 g/mol. The number of nitriles is 1. The molecule has 0 aliphatic heterocycles. The number of Topliss-reactive ketones (excluding diaryl/α,β-unsaturated/α-hetero) is 1. The number of rotatable bonds is 2. The first-order valence-electron chi connectivity index (χ1n) is 4.22. The molecule has 0 fully saturated rings. The molecule has 0 heterocycles. The Kier molecular flexibility index (Phi) is 4.55. The standard InChI is InChI=1S/C10H4BrF3INO/c11-3-8(17)5-1-2-7(10(12,13)14)9(15)6(5)4-16/h1-2H,3H2. The van der Waals surface area contributed by atoms with E-state index in [2.05, 4.69) is 15.9 Å². The smallest absolute Gasteiger partial charge is 0.293 e. The van der Waals surface area contributed by atoms with E-state index >= 15 is 0 Å². The summed E-state index contributed by atoms with van der Waals surface area (Å²) in [6, 6.07) is 3.50. The summed E-state index contributed by atoms with van der Waals surface area (Å²) >= 11 is 4.35. The number of hydrogen-bond donors (Lipinski definition) is 0. The van der Waals surface area contributed by atoms with Crippen molar-refractivity contribution < 1.29 is 18.0 Å². The Morgan fingerprint density at radius 2 is 2.06 bits per heavy atom. The van der Waals surface area contributed by atoms with Crippen molar-refractivity contribution in [2.24, 2.45) is 0 Å². The summed E-state index contributed by atoms with van der Waals surface area (Å²) in [4.78, 5) is 11.4. The average Bonchev–Trinajstić information content (AvgIpc) is 2.25. The van der Waals surface area contributed by atoms with Crippen molar-refractivity contribution in [1.82, 2.24) is 0 Å². The van der Waals surface area contributed by atoms with Gasteiger partial charge in [0.15, 0.2) is 5.78 Å². The molecule has 1 aromatic rings. The lowest BCUT2D eigenvalue weighted by molar-refractivity contribution is -0.138. The molecular formula is C10H4BrF3INO. The average molecular weight is 418 g/mol. The van der Waals surface area contributed by atoms with Crippen molar-refractivity contribution in [3.05, 3.63) is 32.4 Å². The minimum atomic E-state index is -4.53. The van der Waals surface area contributed by atoms with Gasteiger partial charge in [-0.15, -0.1) is 0 Å². The van der Waals surface area contributed by atoms with E-state index in [-0.39, 0.29) is 20.0 Å². The fourth-order valence-electron chi connectivity index (χ4n) is 1.21. The van der Waals surface area contributed by atoms with Crippen LogP contribution in [-0.2, 0) is 6.18 Å². The van der Waals surface area contributed by atoms with Gasteiger partial charge in [-0.2, -0.15) is 18.4 Å². The van der Waals surface area contributed by atoms with Gasteiger partial charge >= 0.3 is 6.18 Å². The molecule has 0 N–H and O–H groups in total. The van der Waals surface area contributed by atoms with Gasteiger partial charge in [0.1, 0.15) is 6.07 Å². The van der Waals surface area contributed by atoms with E-state index in [4.69, 9.17) is 5.26 Å². The van der Waals surface area contributed by atoms with Gasteiger partial charge in [-0.3, -0.25) is 4.79 Å². The summed E-state index contributed by atoms with van der Waals surface area (Å²) in [7, 11) is 0. The predicted molar refractivity (Wildman–Crippen MR) is 67.0 cm³/mol. The molecule has 0 bridgehead atoms. The van der Waals surface area contributed by atoms with E-state index < -0.39 is 17.5 Å². The maximum absolute atomic E-state index is 12.6.